The maximum Gasteiger partial charge on any atom is 0.134 e. The second kappa shape index (κ2) is 5.46. The summed E-state index contributed by atoms with van der Waals surface area (Å²) < 4.78 is 29.7. The number of aryl methyl sites for hydroxylation is 2. The number of hydrogen-bond donors (Lipinski definition) is 2. The highest BCUT2D eigenvalue weighted by Gasteiger charge is 2.23. The molecule has 2 rings (SSSR count). The predicted molar refractivity (Wildman–Crippen MR) is 68.2 cm³/mol. The van der Waals surface area contributed by atoms with Gasteiger partial charge in [0.2, 0.25) is 0 Å². The Balaban J connectivity index is 2.50. The van der Waals surface area contributed by atoms with Crippen LogP contribution in [-0.4, -0.2) is 9.78 Å². The van der Waals surface area contributed by atoms with Gasteiger partial charge in [-0.25, -0.2) is 14.2 Å². The van der Waals surface area contributed by atoms with Crippen LogP contribution in [0.5, 0.6) is 0 Å². The molecule has 0 spiro atoms. The summed E-state index contributed by atoms with van der Waals surface area (Å²) in [5, 5.41) is 4.09. The number of nitrogens with zero attached hydrogens (tertiary/aromatic N) is 2. The summed E-state index contributed by atoms with van der Waals surface area (Å²) in [6.07, 6.45) is 3.26. The molecule has 0 aliphatic heterocycles. The number of rotatable bonds is 4. The van der Waals surface area contributed by atoms with E-state index in [0.29, 0.717) is 17.7 Å². The molecule has 3 N–H and O–H groups in total. The minimum Gasteiger partial charge on any atom is -0.273 e. The average molecular weight is 266 g/mol. The SMILES string of the molecule is CCn1cc(C(NN)c2c(F)ccc(C)c2F)cn1. The predicted octanol–water partition coefficient (Wildman–Crippen LogP) is 2.04. The summed E-state index contributed by atoms with van der Waals surface area (Å²) in [6, 6.07) is 1.87. The molecule has 0 aliphatic rings. The number of benzene rings is 1. The van der Waals surface area contributed by atoms with Crippen molar-refractivity contribution >= 4 is 0 Å². The summed E-state index contributed by atoms with van der Waals surface area (Å²) in [4.78, 5) is 0. The Labute approximate surface area is 110 Å². The highest BCUT2D eigenvalue weighted by molar-refractivity contribution is 5.34. The number of aromatic nitrogens is 2. The lowest BCUT2D eigenvalue weighted by Gasteiger charge is -2.17. The molecule has 0 saturated carbocycles. The number of nitrogens with two attached hydrogens (primary N) is 1. The van der Waals surface area contributed by atoms with E-state index < -0.39 is 17.7 Å². The molecule has 1 aromatic heterocycles. The third kappa shape index (κ3) is 2.50. The molecule has 0 bridgehead atoms. The lowest BCUT2D eigenvalue weighted by molar-refractivity contribution is 0.506. The van der Waals surface area contributed by atoms with E-state index in [2.05, 4.69) is 10.5 Å². The van der Waals surface area contributed by atoms with E-state index in [9.17, 15) is 8.78 Å². The maximum atomic E-state index is 14.1. The molecule has 1 heterocycles. The summed E-state index contributed by atoms with van der Waals surface area (Å²) in [5.74, 6) is 4.24. The van der Waals surface area contributed by atoms with Crippen LogP contribution >= 0.6 is 0 Å². The largest absolute Gasteiger partial charge is 0.273 e. The van der Waals surface area contributed by atoms with Crippen molar-refractivity contribution in [2.45, 2.75) is 26.4 Å². The van der Waals surface area contributed by atoms with E-state index in [4.69, 9.17) is 5.84 Å². The number of hydrazine groups is 1. The Morgan fingerprint density at radius 1 is 1.42 bits per heavy atom. The quantitative estimate of drug-likeness (QED) is 0.657. The highest BCUT2D eigenvalue weighted by atomic mass is 19.1. The maximum absolute atomic E-state index is 14.1. The van der Waals surface area contributed by atoms with Gasteiger partial charge in [-0.2, -0.15) is 5.10 Å². The summed E-state index contributed by atoms with van der Waals surface area (Å²) in [7, 11) is 0. The molecule has 1 unspecified atom stereocenters. The fourth-order valence-electron chi connectivity index (χ4n) is 1.99. The van der Waals surface area contributed by atoms with Gasteiger partial charge >= 0.3 is 0 Å². The number of nitrogens with one attached hydrogen (secondary N) is 1. The van der Waals surface area contributed by atoms with E-state index in [1.807, 2.05) is 6.92 Å². The fraction of sp³-hybridized carbons (Fsp3) is 0.308. The standard InChI is InChI=1S/C13H16F2N4/c1-3-19-7-9(6-17-19)13(18-16)11-10(14)5-4-8(2)12(11)15/h4-7,13,18H,3,16H2,1-2H3. The molecule has 19 heavy (non-hydrogen) atoms. The first kappa shape index (κ1) is 13.6. The van der Waals surface area contributed by atoms with Gasteiger partial charge in [-0.15, -0.1) is 0 Å². The monoisotopic (exact) mass is 266 g/mol. The molecular weight excluding hydrogens is 250 g/mol. The van der Waals surface area contributed by atoms with Crippen molar-refractivity contribution < 1.29 is 8.78 Å². The van der Waals surface area contributed by atoms with Gasteiger partial charge in [-0.3, -0.25) is 10.5 Å². The van der Waals surface area contributed by atoms with Gasteiger partial charge in [-0.1, -0.05) is 6.07 Å². The van der Waals surface area contributed by atoms with E-state index in [1.165, 1.54) is 12.1 Å². The molecule has 1 atom stereocenters. The van der Waals surface area contributed by atoms with E-state index in [1.54, 1.807) is 24.0 Å². The molecule has 1 aromatic carbocycles. The lowest BCUT2D eigenvalue weighted by atomic mass is 9.99. The second-order valence-corrected chi connectivity index (χ2v) is 4.32. The topological polar surface area (TPSA) is 55.9 Å². The fourth-order valence-corrected chi connectivity index (χ4v) is 1.99. The first-order chi connectivity index (χ1) is 9.08. The van der Waals surface area contributed by atoms with Gasteiger partial charge in [0.1, 0.15) is 11.6 Å². The van der Waals surface area contributed by atoms with E-state index in [-0.39, 0.29) is 5.56 Å². The van der Waals surface area contributed by atoms with Crippen molar-refractivity contribution in [2.75, 3.05) is 0 Å². The van der Waals surface area contributed by atoms with Crippen LogP contribution < -0.4 is 11.3 Å². The zero-order valence-electron chi connectivity index (χ0n) is 10.8. The normalized spacial score (nSPS) is 12.7. The Kier molecular flexibility index (Phi) is 3.92. The minimum atomic E-state index is -0.764. The van der Waals surface area contributed by atoms with Gasteiger partial charge in [0.25, 0.3) is 0 Å². The van der Waals surface area contributed by atoms with Gasteiger partial charge in [0, 0.05) is 23.9 Å². The van der Waals surface area contributed by atoms with Crippen LogP contribution in [0, 0.1) is 18.6 Å². The first-order valence-electron chi connectivity index (χ1n) is 6.01. The zero-order valence-corrected chi connectivity index (χ0v) is 10.8. The van der Waals surface area contributed by atoms with Crippen molar-refractivity contribution in [1.29, 1.82) is 0 Å². The zero-order chi connectivity index (χ0) is 14.0. The van der Waals surface area contributed by atoms with Crippen molar-refractivity contribution in [3.8, 4) is 0 Å². The molecule has 0 amide bonds. The van der Waals surface area contributed by atoms with Crippen LogP contribution in [0.2, 0.25) is 0 Å². The minimum absolute atomic E-state index is 0.0850. The van der Waals surface area contributed by atoms with Gasteiger partial charge in [0.15, 0.2) is 0 Å². The molecule has 2 aromatic rings. The lowest BCUT2D eigenvalue weighted by Crippen LogP contribution is -2.30. The van der Waals surface area contributed by atoms with Crippen molar-refractivity contribution in [3.05, 3.63) is 52.9 Å². The van der Waals surface area contributed by atoms with Crippen LogP contribution in [-0.2, 0) is 6.54 Å². The average Bonchev–Trinajstić information content (AvgIpc) is 2.87. The molecule has 102 valence electrons. The van der Waals surface area contributed by atoms with Crippen molar-refractivity contribution in [1.82, 2.24) is 15.2 Å². The van der Waals surface area contributed by atoms with Crippen LogP contribution in [0.4, 0.5) is 8.78 Å². The van der Waals surface area contributed by atoms with Crippen LogP contribution in [0.25, 0.3) is 0 Å². The van der Waals surface area contributed by atoms with E-state index in [0.717, 1.165) is 0 Å². The van der Waals surface area contributed by atoms with Crippen LogP contribution in [0.15, 0.2) is 24.5 Å². The van der Waals surface area contributed by atoms with Gasteiger partial charge in [-0.05, 0) is 25.5 Å². The molecule has 0 saturated heterocycles. The summed E-state index contributed by atoms with van der Waals surface area (Å²) in [6.45, 7) is 4.19. The Morgan fingerprint density at radius 3 is 2.74 bits per heavy atom. The van der Waals surface area contributed by atoms with Crippen molar-refractivity contribution in [2.24, 2.45) is 5.84 Å². The molecule has 0 fully saturated rings. The third-order valence-electron chi connectivity index (χ3n) is 3.09. The molecule has 4 nitrogen and oxygen atoms in total. The Bertz CT molecular complexity index is 580. The number of hydrogen-bond acceptors (Lipinski definition) is 3. The Hall–Kier alpha value is -1.79. The molecule has 0 aliphatic carbocycles. The van der Waals surface area contributed by atoms with Crippen LogP contribution in [0.3, 0.4) is 0 Å². The molecule has 0 radical (unpaired) electrons. The van der Waals surface area contributed by atoms with Crippen molar-refractivity contribution in [3.63, 3.8) is 0 Å². The van der Waals surface area contributed by atoms with Crippen LogP contribution in [0.1, 0.15) is 29.7 Å². The number of halogens is 2. The molecular formula is C13H16F2N4. The highest BCUT2D eigenvalue weighted by Crippen LogP contribution is 2.27. The first-order valence-corrected chi connectivity index (χ1v) is 6.01. The molecule has 6 heteroatoms. The van der Waals surface area contributed by atoms with E-state index >= 15 is 0 Å². The summed E-state index contributed by atoms with van der Waals surface area (Å²) in [5.41, 5.74) is 3.36. The Morgan fingerprint density at radius 2 is 2.16 bits per heavy atom. The summed E-state index contributed by atoms with van der Waals surface area (Å²) >= 11 is 0. The smallest absolute Gasteiger partial charge is 0.134 e. The van der Waals surface area contributed by atoms with Gasteiger partial charge < -0.3 is 0 Å². The second-order valence-electron chi connectivity index (χ2n) is 4.32. The third-order valence-corrected chi connectivity index (χ3v) is 3.09. The van der Waals surface area contributed by atoms with Gasteiger partial charge in [0.05, 0.1) is 12.2 Å².